The minimum absolute atomic E-state index is 0.197. The largest absolute Gasteiger partial charge is 0.398 e. The standard InChI is InChI=1S/C7H9BFNS/c1-11-7-5(10)3-2-4(8)6(7)9/h2-3H,8,10H2,1H3. The number of benzene rings is 1. The fourth-order valence-electron chi connectivity index (χ4n) is 0.877. The first-order valence-corrected chi connectivity index (χ1v) is 4.48. The smallest absolute Gasteiger partial charge is 0.143 e. The first-order valence-electron chi connectivity index (χ1n) is 3.25. The van der Waals surface area contributed by atoms with Gasteiger partial charge in [0, 0.05) is 5.69 Å². The van der Waals surface area contributed by atoms with Crippen LogP contribution < -0.4 is 11.2 Å². The van der Waals surface area contributed by atoms with Crippen molar-refractivity contribution in [3.8, 4) is 0 Å². The van der Waals surface area contributed by atoms with E-state index in [9.17, 15) is 4.39 Å². The van der Waals surface area contributed by atoms with Crippen LogP contribution in [0.3, 0.4) is 0 Å². The molecule has 0 radical (unpaired) electrons. The Morgan fingerprint density at radius 1 is 1.55 bits per heavy atom. The number of halogens is 1. The van der Waals surface area contributed by atoms with Gasteiger partial charge in [0.2, 0.25) is 0 Å². The third-order valence-corrected chi connectivity index (χ3v) is 2.35. The molecule has 1 aromatic rings. The summed E-state index contributed by atoms with van der Waals surface area (Å²) in [6.07, 6.45) is 1.81. The molecule has 0 aliphatic rings. The second-order valence-electron chi connectivity index (χ2n) is 2.32. The lowest BCUT2D eigenvalue weighted by atomic mass is 9.95. The quantitative estimate of drug-likeness (QED) is 0.373. The molecule has 0 aliphatic carbocycles. The van der Waals surface area contributed by atoms with E-state index in [-0.39, 0.29) is 5.82 Å². The number of nitrogens with two attached hydrogens (primary N) is 1. The second-order valence-corrected chi connectivity index (χ2v) is 3.14. The number of nitrogen functional groups attached to an aromatic ring is 1. The van der Waals surface area contributed by atoms with Gasteiger partial charge in [-0.15, -0.1) is 11.8 Å². The van der Waals surface area contributed by atoms with Gasteiger partial charge >= 0.3 is 0 Å². The van der Waals surface area contributed by atoms with E-state index in [0.717, 1.165) is 0 Å². The molecule has 1 nitrogen and oxygen atoms in total. The average Bonchev–Trinajstić information content (AvgIpc) is 1.99. The third-order valence-electron chi connectivity index (χ3n) is 1.52. The lowest BCUT2D eigenvalue weighted by Gasteiger charge is -2.05. The van der Waals surface area contributed by atoms with E-state index in [0.29, 0.717) is 16.0 Å². The highest BCUT2D eigenvalue weighted by molar-refractivity contribution is 7.98. The lowest BCUT2D eigenvalue weighted by molar-refractivity contribution is 0.612. The summed E-state index contributed by atoms with van der Waals surface area (Å²) in [7, 11) is 1.73. The van der Waals surface area contributed by atoms with E-state index in [1.54, 1.807) is 20.0 Å². The number of thioether (sulfide) groups is 1. The van der Waals surface area contributed by atoms with Crippen LogP contribution in [0.2, 0.25) is 0 Å². The fourth-order valence-corrected chi connectivity index (χ4v) is 1.52. The molecule has 0 atom stereocenters. The molecule has 1 rings (SSSR count). The molecule has 0 fully saturated rings. The number of anilines is 1. The highest BCUT2D eigenvalue weighted by Gasteiger charge is 2.06. The summed E-state index contributed by atoms with van der Waals surface area (Å²) >= 11 is 1.34. The first kappa shape index (κ1) is 8.46. The van der Waals surface area contributed by atoms with Crippen molar-refractivity contribution in [1.82, 2.24) is 0 Å². The Bertz CT molecular complexity index is 277. The molecule has 0 amide bonds. The van der Waals surface area contributed by atoms with Crippen molar-refractivity contribution in [2.24, 2.45) is 0 Å². The Kier molecular flexibility index (Phi) is 2.44. The minimum Gasteiger partial charge on any atom is -0.398 e. The number of rotatable bonds is 1. The van der Waals surface area contributed by atoms with Crippen LogP contribution in [-0.2, 0) is 0 Å². The van der Waals surface area contributed by atoms with Crippen molar-refractivity contribution in [2.75, 3.05) is 12.0 Å². The molecule has 0 unspecified atom stereocenters. The summed E-state index contributed by atoms with van der Waals surface area (Å²) < 4.78 is 13.2. The van der Waals surface area contributed by atoms with Crippen molar-refractivity contribution in [3.05, 3.63) is 17.9 Å². The van der Waals surface area contributed by atoms with Gasteiger partial charge in [0.25, 0.3) is 0 Å². The van der Waals surface area contributed by atoms with E-state index in [1.807, 2.05) is 6.26 Å². The molecule has 0 saturated heterocycles. The molecular weight excluding hydrogens is 160 g/mol. The van der Waals surface area contributed by atoms with E-state index in [4.69, 9.17) is 5.73 Å². The van der Waals surface area contributed by atoms with Crippen molar-refractivity contribution >= 4 is 30.8 Å². The minimum atomic E-state index is -0.197. The monoisotopic (exact) mass is 169 g/mol. The SMILES string of the molecule is Bc1ccc(N)c(SC)c1F. The van der Waals surface area contributed by atoms with Gasteiger partial charge in [0.15, 0.2) is 0 Å². The fraction of sp³-hybridized carbons (Fsp3) is 0.143. The van der Waals surface area contributed by atoms with Gasteiger partial charge in [-0.2, -0.15) is 0 Å². The Morgan fingerprint density at radius 3 is 2.64 bits per heavy atom. The molecule has 0 aromatic heterocycles. The highest BCUT2D eigenvalue weighted by atomic mass is 32.2. The van der Waals surface area contributed by atoms with E-state index in [1.165, 1.54) is 11.8 Å². The first-order chi connectivity index (χ1) is 5.16. The zero-order valence-electron chi connectivity index (χ0n) is 6.52. The topological polar surface area (TPSA) is 26.0 Å². The predicted molar refractivity (Wildman–Crippen MR) is 50.8 cm³/mol. The summed E-state index contributed by atoms with van der Waals surface area (Å²) in [5.41, 5.74) is 6.70. The zero-order valence-corrected chi connectivity index (χ0v) is 7.33. The van der Waals surface area contributed by atoms with Gasteiger partial charge in [-0.05, 0) is 12.3 Å². The number of hydrogen-bond donors (Lipinski definition) is 1. The van der Waals surface area contributed by atoms with E-state index < -0.39 is 0 Å². The molecule has 0 spiro atoms. The van der Waals surface area contributed by atoms with Gasteiger partial charge in [0.1, 0.15) is 13.7 Å². The molecule has 0 saturated carbocycles. The van der Waals surface area contributed by atoms with E-state index >= 15 is 0 Å². The highest BCUT2D eigenvalue weighted by Crippen LogP contribution is 2.23. The van der Waals surface area contributed by atoms with Crippen LogP contribution in [0.1, 0.15) is 0 Å². The van der Waals surface area contributed by atoms with Crippen LogP contribution in [0.25, 0.3) is 0 Å². The zero-order chi connectivity index (χ0) is 8.43. The maximum absolute atomic E-state index is 13.2. The maximum Gasteiger partial charge on any atom is 0.143 e. The Labute approximate surface area is 70.6 Å². The van der Waals surface area contributed by atoms with Crippen molar-refractivity contribution in [1.29, 1.82) is 0 Å². The maximum atomic E-state index is 13.2. The molecule has 2 N–H and O–H groups in total. The van der Waals surface area contributed by atoms with Gasteiger partial charge < -0.3 is 5.73 Å². The summed E-state index contributed by atoms with van der Waals surface area (Å²) in [5.74, 6) is -0.197. The third kappa shape index (κ3) is 1.51. The van der Waals surface area contributed by atoms with Gasteiger partial charge in [-0.3, -0.25) is 0 Å². The molecule has 0 aliphatic heterocycles. The molecule has 0 bridgehead atoms. The van der Waals surface area contributed by atoms with Gasteiger partial charge in [-0.1, -0.05) is 11.5 Å². The molecule has 58 valence electrons. The Hall–Kier alpha value is -0.635. The molecule has 4 heteroatoms. The number of hydrogen-bond acceptors (Lipinski definition) is 2. The molecule has 0 heterocycles. The lowest BCUT2D eigenvalue weighted by Crippen LogP contribution is -2.10. The Morgan fingerprint density at radius 2 is 2.18 bits per heavy atom. The summed E-state index contributed by atoms with van der Waals surface area (Å²) in [6.45, 7) is 0. The van der Waals surface area contributed by atoms with Crippen molar-refractivity contribution in [2.45, 2.75) is 4.90 Å². The van der Waals surface area contributed by atoms with Crippen LogP contribution in [0.4, 0.5) is 10.1 Å². The molecular formula is C7H9BFNS. The van der Waals surface area contributed by atoms with Gasteiger partial charge in [0.05, 0.1) is 4.90 Å². The summed E-state index contributed by atoms with van der Waals surface area (Å²) in [4.78, 5) is 0.546. The molecule has 1 aromatic carbocycles. The normalized spacial score (nSPS) is 10.0. The van der Waals surface area contributed by atoms with Crippen molar-refractivity contribution < 1.29 is 4.39 Å². The van der Waals surface area contributed by atoms with E-state index in [2.05, 4.69) is 0 Å². The summed E-state index contributed by atoms with van der Waals surface area (Å²) in [6, 6.07) is 3.41. The van der Waals surface area contributed by atoms with Gasteiger partial charge in [-0.25, -0.2) is 4.39 Å². The summed E-state index contributed by atoms with van der Waals surface area (Å²) in [5, 5.41) is 0. The van der Waals surface area contributed by atoms with Crippen LogP contribution in [0, 0.1) is 5.82 Å². The van der Waals surface area contributed by atoms with Crippen LogP contribution >= 0.6 is 11.8 Å². The average molecular weight is 169 g/mol. The molecule has 11 heavy (non-hydrogen) atoms. The van der Waals surface area contributed by atoms with Crippen LogP contribution in [-0.4, -0.2) is 14.1 Å². The second kappa shape index (κ2) is 3.18. The predicted octanol–water partition coefficient (Wildman–Crippen LogP) is 0.388. The van der Waals surface area contributed by atoms with Crippen molar-refractivity contribution in [3.63, 3.8) is 0 Å². The Balaban J connectivity index is 3.29. The van der Waals surface area contributed by atoms with Crippen LogP contribution in [0.5, 0.6) is 0 Å². The van der Waals surface area contributed by atoms with Crippen LogP contribution in [0.15, 0.2) is 17.0 Å².